The van der Waals surface area contributed by atoms with Crippen molar-refractivity contribution in [2.45, 2.75) is 13.8 Å². The first kappa shape index (κ1) is 23.7. The van der Waals surface area contributed by atoms with Gasteiger partial charge >= 0.3 is 5.97 Å². The fourth-order valence-corrected chi connectivity index (χ4v) is 4.57. The fourth-order valence-electron chi connectivity index (χ4n) is 3.79. The zero-order valence-corrected chi connectivity index (χ0v) is 20.3. The van der Waals surface area contributed by atoms with Gasteiger partial charge in [0.2, 0.25) is 0 Å². The minimum Gasteiger partial charge on any atom is -0.478 e. The number of amides is 2. The number of benzene rings is 2. The molecule has 7 nitrogen and oxygen atoms in total. The SMILES string of the molecule is Cc1cc(C=C2C(=O)NC(=S)N(c3cccc(C(=O)O)c3)C2=O)c(C)n1-c1ccc(Cl)cc1Cl. The predicted octanol–water partition coefficient (Wildman–Crippen LogP) is 4.93. The van der Waals surface area contributed by atoms with Gasteiger partial charge in [-0.05, 0) is 80.2 Å². The highest BCUT2D eigenvalue weighted by molar-refractivity contribution is 7.80. The molecule has 0 atom stereocenters. The van der Waals surface area contributed by atoms with Crippen molar-refractivity contribution in [1.82, 2.24) is 9.88 Å². The minimum atomic E-state index is -1.15. The Kier molecular flexibility index (Phi) is 6.31. The molecule has 2 amide bonds. The highest BCUT2D eigenvalue weighted by Gasteiger charge is 2.35. The van der Waals surface area contributed by atoms with Crippen molar-refractivity contribution in [2.24, 2.45) is 0 Å². The number of carboxylic acids is 1. The van der Waals surface area contributed by atoms with Crippen LogP contribution in [0.4, 0.5) is 5.69 Å². The van der Waals surface area contributed by atoms with E-state index in [2.05, 4.69) is 5.32 Å². The molecule has 1 aliphatic rings. The molecule has 0 radical (unpaired) electrons. The minimum absolute atomic E-state index is 0.0149. The van der Waals surface area contributed by atoms with Gasteiger partial charge in [-0.2, -0.15) is 0 Å². The summed E-state index contributed by atoms with van der Waals surface area (Å²) in [5, 5.41) is 12.6. The number of nitrogens with zero attached hydrogens (tertiary/aromatic N) is 2. The van der Waals surface area contributed by atoms with E-state index < -0.39 is 17.8 Å². The summed E-state index contributed by atoms with van der Waals surface area (Å²) in [5.74, 6) is -2.45. The van der Waals surface area contributed by atoms with E-state index in [4.69, 9.17) is 35.4 Å². The lowest BCUT2D eigenvalue weighted by Gasteiger charge is -2.29. The van der Waals surface area contributed by atoms with Gasteiger partial charge < -0.3 is 9.67 Å². The number of nitrogens with one attached hydrogen (secondary N) is 1. The van der Waals surface area contributed by atoms with Crippen LogP contribution >= 0.6 is 35.4 Å². The summed E-state index contributed by atoms with van der Waals surface area (Å²) in [4.78, 5) is 38.5. The Hall–Kier alpha value is -3.46. The zero-order valence-electron chi connectivity index (χ0n) is 17.9. The maximum atomic E-state index is 13.3. The van der Waals surface area contributed by atoms with E-state index >= 15 is 0 Å². The van der Waals surface area contributed by atoms with Crippen molar-refractivity contribution >= 4 is 70.1 Å². The number of halogens is 2. The van der Waals surface area contributed by atoms with Gasteiger partial charge in [-0.25, -0.2) is 4.79 Å². The number of carboxylic acid groups (broad SMARTS) is 1. The first-order chi connectivity index (χ1) is 16.1. The normalized spacial score (nSPS) is 15.1. The molecule has 172 valence electrons. The highest BCUT2D eigenvalue weighted by atomic mass is 35.5. The summed E-state index contributed by atoms with van der Waals surface area (Å²) < 4.78 is 1.90. The van der Waals surface area contributed by atoms with Crippen molar-refractivity contribution in [3.8, 4) is 5.69 Å². The molecule has 0 spiro atoms. The van der Waals surface area contributed by atoms with Crippen molar-refractivity contribution in [1.29, 1.82) is 0 Å². The highest BCUT2D eigenvalue weighted by Crippen LogP contribution is 2.30. The molecular formula is C24H17Cl2N3O4S. The number of rotatable bonds is 4. The average molecular weight is 514 g/mol. The maximum Gasteiger partial charge on any atom is 0.335 e. The molecule has 0 aliphatic carbocycles. The second kappa shape index (κ2) is 9.06. The summed E-state index contributed by atoms with van der Waals surface area (Å²) in [6.45, 7) is 3.72. The van der Waals surface area contributed by atoms with E-state index in [1.807, 2.05) is 24.5 Å². The Morgan fingerprint density at radius 3 is 2.50 bits per heavy atom. The molecule has 0 bridgehead atoms. The lowest BCUT2D eigenvalue weighted by molar-refractivity contribution is -0.122. The van der Waals surface area contributed by atoms with E-state index in [-0.39, 0.29) is 21.9 Å². The molecule has 1 saturated heterocycles. The molecule has 34 heavy (non-hydrogen) atoms. The Morgan fingerprint density at radius 2 is 1.82 bits per heavy atom. The Balaban J connectivity index is 1.78. The monoisotopic (exact) mass is 513 g/mol. The first-order valence-corrected chi connectivity index (χ1v) is 11.1. The number of hydrogen-bond donors (Lipinski definition) is 2. The molecule has 2 N–H and O–H groups in total. The molecular weight excluding hydrogens is 497 g/mol. The van der Waals surface area contributed by atoms with Gasteiger partial charge in [-0.15, -0.1) is 0 Å². The third-order valence-corrected chi connectivity index (χ3v) is 6.20. The van der Waals surface area contributed by atoms with Gasteiger partial charge in [0.1, 0.15) is 5.57 Å². The van der Waals surface area contributed by atoms with Crippen LogP contribution in [-0.2, 0) is 9.59 Å². The smallest absolute Gasteiger partial charge is 0.335 e. The first-order valence-electron chi connectivity index (χ1n) is 9.97. The number of anilines is 1. The summed E-state index contributed by atoms with van der Waals surface area (Å²) in [6.07, 6.45) is 1.48. The molecule has 0 saturated carbocycles. The summed E-state index contributed by atoms with van der Waals surface area (Å²) >= 11 is 17.6. The number of aromatic carboxylic acids is 1. The van der Waals surface area contributed by atoms with Gasteiger partial charge in [0.05, 0.1) is 22.0 Å². The third kappa shape index (κ3) is 4.23. The third-order valence-electron chi connectivity index (χ3n) is 5.37. The molecule has 3 aromatic rings. The van der Waals surface area contributed by atoms with Crippen LogP contribution in [0.1, 0.15) is 27.3 Å². The number of hydrogen-bond acceptors (Lipinski definition) is 4. The van der Waals surface area contributed by atoms with Gasteiger partial charge in [0, 0.05) is 16.4 Å². The van der Waals surface area contributed by atoms with Crippen molar-refractivity contribution in [2.75, 3.05) is 4.90 Å². The number of carbonyl (C=O) groups is 3. The molecule has 1 aromatic heterocycles. The Morgan fingerprint density at radius 1 is 1.09 bits per heavy atom. The largest absolute Gasteiger partial charge is 0.478 e. The molecule has 2 aromatic carbocycles. The number of aromatic nitrogens is 1. The lowest BCUT2D eigenvalue weighted by Crippen LogP contribution is -2.54. The second-order valence-electron chi connectivity index (χ2n) is 7.57. The summed E-state index contributed by atoms with van der Waals surface area (Å²) in [7, 11) is 0. The molecule has 4 rings (SSSR count). The average Bonchev–Trinajstić information content (AvgIpc) is 3.04. The predicted molar refractivity (Wildman–Crippen MR) is 135 cm³/mol. The summed E-state index contributed by atoms with van der Waals surface area (Å²) in [6, 6.07) is 12.7. The number of aryl methyl sites for hydroxylation is 1. The van der Waals surface area contributed by atoms with Crippen molar-refractivity contribution in [3.05, 3.63) is 86.7 Å². The van der Waals surface area contributed by atoms with Crippen LogP contribution in [0.15, 0.2) is 54.1 Å². The quantitative estimate of drug-likeness (QED) is 0.293. The Bertz CT molecular complexity index is 1430. The molecule has 10 heteroatoms. The van der Waals surface area contributed by atoms with E-state index in [1.165, 1.54) is 24.3 Å². The standard InChI is InChI=1S/C24H17Cl2N3O4S/c1-12-8-15(13(2)28(12)20-7-6-16(25)11-19(20)26)10-18-21(30)27-24(34)29(22(18)31)17-5-3-4-14(9-17)23(32)33/h3-11H,1-2H3,(H,32,33)(H,27,30,34). The molecule has 0 unspecified atom stereocenters. The van der Waals surface area contributed by atoms with E-state index in [0.717, 1.165) is 16.3 Å². The summed E-state index contributed by atoms with van der Waals surface area (Å²) in [5.41, 5.74) is 3.00. The van der Waals surface area contributed by atoms with E-state index in [0.29, 0.717) is 21.3 Å². The second-order valence-corrected chi connectivity index (χ2v) is 8.80. The fraction of sp³-hybridized carbons (Fsp3) is 0.0833. The van der Waals surface area contributed by atoms with Crippen LogP contribution in [0.25, 0.3) is 11.8 Å². The zero-order chi connectivity index (χ0) is 24.7. The molecule has 1 fully saturated rings. The van der Waals surface area contributed by atoms with Crippen LogP contribution in [0.3, 0.4) is 0 Å². The van der Waals surface area contributed by atoms with E-state index in [1.54, 1.807) is 24.3 Å². The maximum absolute atomic E-state index is 13.3. The van der Waals surface area contributed by atoms with Crippen molar-refractivity contribution in [3.63, 3.8) is 0 Å². The topological polar surface area (TPSA) is 91.6 Å². The van der Waals surface area contributed by atoms with Gasteiger partial charge in [0.25, 0.3) is 11.8 Å². The number of carbonyl (C=O) groups excluding carboxylic acids is 2. The van der Waals surface area contributed by atoms with Crippen LogP contribution in [0, 0.1) is 13.8 Å². The number of thiocarbonyl (C=S) groups is 1. The lowest BCUT2D eigenvalue weighted by atomic mass is 10.1. The van der Waals surface area contributed by atoms with Crippen LogP contribution in [0.2, 0.25) is 10.0 Å². The van der Waals surface area contributed by atoms with Gasteiger partial charge in [0.15, 0.2) is 5.11 Å². The van der Waals surface area contributed by atoms with Crippen LogP contribution < -0.4 is 10.2 Å². The molecule has 2 heterocycles. The Labute approximate surface area is 210 Å². The van der Waals surface area contributed by atoms with Gasteiger partial charge in [-0.1, -0.05) is 29.3 Å². The van der Waals surface area contributed by atoms with Gasteiger partial charge in [-0.3, -0.25) is 19.8 Å². The van der Waals surface area contributed by atoms with Crippen molar-refractivity contribution < 1.29 is 19.5 Å². The van der Waals surface area contributed by atoms with E-state index in [9.17, 15) is 19.5 Å². The molecule has 1 aliphatic heterocycles. The van der Waals surface area contributed by atoms with Crippen LogP contribution in [-0.4, -0.2) is 32.6 Å². The van der Waals surface area contributed by atoms with Crippen LogP contribution in [0.5, 0.6) is 0 Å².